The number of aryl methyl sites for hydroxylation is 3. The van der Waals surface area contributed by atoms with Crippen molar-refractivity contribution < 1.29 is 31.9 Å². The molecule has 0 atom stereocenters. The summed E-state index contributed by atoms with van der Waals surface area (Å²) in [6.45, 7) is 2.17. The molecule has 0 aliphatic carbocycles. The lowest BCUT2D eigenvalue weighted by Gasteiger charge is -2.15. The van der Waals surface area contributed by atoms with Crippen molar-refractivity contribution in [1.82, 2.24) is 0 Å². The van der Waals surface area contributed by atoms with Crippen LogP contribution in [0.25, 0.3) is 11.1 Å². The molecule has 0 saturated carbocycles. The summed E-state index contributed by atoms with van der Waals surface area (Å²) in [5, 5.41) is 9.21. The summed E-state index contributed by atoms with van der Waals surface area (Å²) in [5.41, 5.74) is -0.0240. The smallest absolute Gasteiger partial charge is 0.341 e. The SMILES string of the molecule is CCCCCCCc1ccc(CCc2cc(F)c(C(=O)O)c(F)c2-c2cc(F)c(F)c(F)c2)cc1. The van der Waals surface area contributed by atoms with E-state index >= 15 is 4.39 Å². The number of halogens is 5. The van der Waals surface area contributed by atoms with Gasteiger partial charge in [0.2, 0.25) is 0 Å². The van der Waals surface area contributed by atoms with Crippen molar-refractivity contribution in [2.24, 2.45) is 0 Å². The topological polar surface area (TPSA) is 37.3 Å². The average molecular weight is 491 g/mol. The maximum atomic E-state index is 15.1. The molecule has 0 bridgehead atoms. The number of aromatic carboxylic acids is 1. The quantitative estimate of drug-likeness (QED) is 0.168. The van der Waals surface area contributed by atoms with Crippen LogP contribution in [0.3, 0.4) is 0 Å². The molecule has 0 fully saturated rings. The van der Waals surface area contributed by atoms with E-state index in [1.807, 2.05) is 24.3 Å². The highest BCUT2D eigenvalue weighted by atomic mass is 19.2. The third-order valence-corrected chi connectivity index (χ3v) is 6.06. The predicted octanol–water partition coefficient (Wildman–Crippen LogP) is 8.05. The lowest BCUT2D eigenvalue weighted by Crippen LogP contribution is -2.10. The van der Waals surface area contributed by atoms with Gasteiger partial charge in [0, 0.05) is 5.56 Å². The fourth-order valence-corrected chi connectivity index (χ4v) is 4.16. The average Bonchev–Trinajstić information content (AvgIpc) is 2.81. The molecule has 0 spiro atoms. The molecule has 3 aromatic carbocycles. The number of benzene rings is 3. The van der Waals surface area contributed by atoms with E-state index in [0.29, 0.717) is 18.6 Å². The van der Waals surface area contributed by atoms with Gasteiger partial charge in [0.05, 0.1) is 0 Å². The zero-order valence-electron chi connectivity index (χ0n) is 19.4. The number of hydrogen-bond donors (Lipinski definition) is 1. The second-order valence-corrected chi connectivity index (χ2v) is 8.62. The molecule has 35 heavy (non-hydrogen) atoms. The van der Waals surface area contributed by atoms with Crippen LogP contribution in [0.5, 0.6) is 0 Å². The van der Waals surface area contributed by atoms with Crippen molar-refractivity contribution in [3.8, 4) is 11.1 Å². The molecule has 2 nitrogen and oxygen atoms in total. The summed E-state index contributed by atoms with van der Waals surface area (Å²) < 4.78 is 70.6. The van der Waals surface area contributed by atoms with Crippen molar-refractivity contribution in [2.75, 3.05) is 0 Å². The summed E-state index contributed by atoms with van der Waals surface area (Å²) in [5.74, 6) is -9.47. The first-order chi connectivity index (χ1) is 16.7. The molecular weight excluding hydrogens is 463 g/mol. The van der Waals surface area contributed by atoms with Gasteiger partial charge in [0.25, 0.3) is 0 Å². The maximum Gasteiger partial charge on any atom is 0.341 e. The third-order valence-electron chi connectivity index (χ3n) is 6.06. The van der Waals surface area contributed by atoms with Gasteiger partial charge in [0.1, 0.15) is 17.2 Å². The highest BCUT2D eigenvalue weighted by Crippen LogP contribution is 2.33. The Labute approximate surface area is 201 Å². The number of carbonyl (C=O) groups is 1. The normalized spacial score (nSPS) is 11.1. The molecule has 0 saturated heterocycles. The second kappa shape index (κ2) is 12.0. The summed E-state index contributed by atoms with van der Waals surface area (Å²) in [6, 6.07) is 9.81. The highest BCUT2D eigenvalue weighted by Gasteiger charge is 2.25. The van der Waals surface area contributed by atoms with Crippen LogP contribution in [0.15, 0.2) is 42.5 Å². The molecule has 0 aromatic heterocycles. The largest absolute Gasteiger partial charge is 0.477 e. The zero-order valence-corrected chi connectivity index (χ0v) is 19.4. The molecule has 0 unspecified atom stereocenters. The van der Waals surface area contributed by atoms with Gasteiger partial charge in [-0.2, -0.15) is 0 Å². The Hall–Kier alpha value is -3.22. The molecule has 3 rings (SSSR count). The Morgan fingerprint density at radius 2 is 1.29 bits per heavy atom. The summed E-state index contributed by atoms with van der Waals surface area (Å²) >= 11 is 0. The van der Waals surface area contributed by atoms with Crippen molar-refractivity contribution in [3.05, 3.63) is 93.8 Å². The van der Waals surface area contributed by atoms with E-state index in [1.165, 1.54) is 31.2 Å². The minimum atomic E-state index is -1.86. The molecule has 186 valence electrons. The highest BCUT2D eigenvalue weighted by molar-refractivity contribution is 5.91. The van der Waals surface area contributed by atoms with Crippen LogP contribution in [0.4, 0.5) is 22.0 Å². The van der Waals surface area contributed by atoms with Crippen molar-refractivity contribution in [3.63, 3.8) is 0 Å². The Morgan fingerprint density at radius 1 is 0.714 bits per heavy atom. The molecule has 7 heteroatoms. The minimum absolute atomic E-state index is 0.0235. The van der Waals surface area contributed by atoms with Gasteiger partial charge in [-0.05, 0) is 66.1 Å². The number of carboxylic acid groups (broad SMARTS) is 1. The van der Waals surface area contributed by atoms with E-state index < -0.39 is 51.7 Å². The number of unbranched alkanes of at least 4 members (excludes halogenated alkanes) is 4. The second-order valence-electron chi connectivity index (χ2n) is 8.62. The molecule has 1 N–H and O–H groups in total. The predicted molar refractivity (Wildman–Crippen MR) is 125 cm³/mol. The van der Waals surface area contributed by atoms with Crippen LogP contribution >= 0.6 is 0 Å². The molecule has 0 aliphatic heterocycles. The zero-order chi connectivity index (χ0) is 25.5. The Balaban J connectivity index is 1.85. The van der Waals surface area contributed by atoms with E-state index in [9.17, 15) is 27.5 Å². The van der Waals surface area contributed by atoms with E-state index in [-0.39, 0.29) is 12.0 Å². The Morgan fingerprint density at radius 3 is 1.86 bits per heavy atom. The van der Waals surface area contributed by atoms with E-state index in [1.54, 1.807) is 0 Å². The van der Waals surface area contributed by atoms with Crippen molar-refractivity contribution >= 4 is 5.97 Å². The maximum absolute atomic E-state index is 15.1. The van der Waals surface area contributed by atoms with Crippen molar-refractivity contribution in [1.29, 1.82) is 0 Å². The van der Waals surface area contributed by atoms with Gasteiger partial charge in [-0.15, -0.1) is 0 Å². The lowest BCUT2D eigenvalue weighted by molar-refractivity contribution is 0.0686. The third kappa shape index (κ3) is 6.47. The summed E-state index contributed by atoms with van der Waals surface area (Å²) in [7, 11) is 0. The van der Waals surface area contributed by atoms with Crippen molar-refractivity contribution in [2.45, 2.75) is 58.3 Å². The molecule has 0 amide bonds. The molecule has 0 heterocycles. The fraction of sp³-hybridized carbons (Fsp3) is 0.321. The van der Waals surface area contributed by atoms with Crippen LogP contribution in [-0.2, 0) is 19.3 Å². The first-order valence-electron chi connectivity index (χ1n) is 11.7. The summed E-state index contributed by atoms with van der Waals surface area (Å²) in [4.78, 5) is 11.4. The lowest BCUT2D eigenvalue weighted by atomic mass is 9.91. The first-order valence-corrected chi connectivity index (χ1v) is 11.7. The standard InChI is InChI=1S/C28H27F5O2/c1-2-3-4-5-6-7-17-8-10-18(11-9-17)12-13-19-14-21(29)25(28(34)35)27(33)24(19)20-15-22(30)26(32)23(31)16-20/h8-11,14-16H,2-7,12-13H2,1H3,(H,34,35). The van der Waals surface area contributed by atoms with Gasteiger partial charge in [-0.3, -0.25) is 0 Å². The van der Waals surface area contributed by atoms with Gasteiger partial charge >= 0.3 is 5.97 Å². The molecule has 0 aliphatic rings. The van der Waals surface area contributed by atoms with Crippen LogP contribution in [-0.4, -0.2) is 11.1 Å². The van der Waals surface area contributed by atoms with Gasteiger partial charge in [-0.25, -0.2) is 26.7 Å². The van der Waals surface area contributed by atoms with Gasteiger partial charge in [-0.1, -0.05) is 56.9 Å². The first kappa shape index (κ1) is 26.4. The molecule has 0 radical (unpaired) electrons. The Kier molecular flexibility index (Phi) is 9.01. The van der Waals surface area contributed by atoms with Crippen LogP contribution < -0.4 is 0 Å². The summed E-state index contributed by atoms with van der Waals surface area (Å²) in [6.07, 6.45) is 7.28. The van der Waals surface area contributed by atoms with Crippen LogP contribution in [0, 0.1) is 29.1 Å². The monoisotopic (exact) mass is 490 g/mol. The number of hydrogen-bond acceptors (Lipinski definition) is 1. The fourth-order valence-electron chi connectivity index (χ4n) is 4.16. The van der Waals surface area contributed by atoms with Gasteiger partial charge < -0.3 is 5.11 Å². The van der Waals surface area contributed by atoms with E-state index in [0.717, 1.165) is 24.5 Å². The number of rotatable bonds is 11. The molecular formula is C28H27F5O2. The number of carboxylic acids is 1. The minimum Gasteiger partial charge on any atom is -0.477 e. The Bertz CT molecular complexity index is 1170. The van der Waals surface area contributed by atoms with E-state index in [2.05, 4.69) is 6.92 Å². The molecule has 3 aromatic rings. The van der Waals surface area contributed by atoms with Gasteiger partial charge in [0.15, 0.2) is 17.5 Å². The van der Waals surface area contributed by atoms with Crippen LogP contribution in [0.1, 0.15) is 66.1 Å². The van der Waals surface area contributed by atoms with E-state index in [4.69, 9.17) is 0 Å². The van der Waals surface area contributed by atoms with Crippen LogP contribution in [0.2, 0.25) is 0 Å².